The van der Waals surface area contributed by atoms with Crippen molar-refractivity contribution >= 4 is 16.8 Å². The molecule has 0 fully saturated rings. The molecule has 3 aromatic carbocycles. The highest BCUT2D eigenvalue weighted by atomic mass is 14.2. The summed E-state index contributed by atoms with van der Waals surface area (Å²) in [6.07, 6.45) is 4.61. The zero-order valence-electron chi connectivity index (χ0n) is 12.3. The molecule has 4 rings (SSSR count). The lowest BCUT2D eigenvalue weighted by Gasteiger charge is -2.12. The van der Waals surface area contributed by atoms with Crippen LogP contribution in [0.5, 0.6) is 0 Å². The Morgan fingerprint density at radius 3 is 2.48 bits per heavy atom. The van der Waals surface area contributed by atoms with Crippen LogP contribution in [0.1, 0.15) is 24.5 Å². The summed E-state index contributed by atoms with van der Waals surface area (Å²) in [6.45, 7) is 2.25. The van der Waals surface area contributed by atoms with E-state index in [1.54, 1.807) is 0 Å². The van der Waals surface area contributed by atoms with Crippen LogP contribution < -0.4 is 0 Å². The molecule has 0 radical (unpaired) electrons. The average Bonchev–Trinajstić information content (AvgIpc) is 2.97. The van der Waals surface area contributed by atoms with Crippen LogP contribution in [-0.4, -0.2) is 0 Å². The molecule has 0 amide bonds. The average molecular weight is 270 g/mol. The maximum Gasteiger partial charge on any atom is -0.00518 e. The van der Waals surface area contributed by atoms with Crippen LogP contribution in [0.4, 0.5) is 0 Å². The molecule has 0 heterocycles. The maximum absolute atomic E-state index is 2.37. The Morgan fingerprint density at radius 2 is 1.57 bits per heavy atom. The Balaban J connectivity index is 1.95. The van der Waals surface area contributed by atoms with Crippen molar-refractivity contribution in [3.63, 3.8) is 0 Å². The van der Waals surface area contributed by atoms with Gasteiger partial charge >= 0.3 is 0 Å². The van der Waals surface area contributed by atoms with Crippen molar-refractivity contribution in [2.75, 3.05) is 0 Å². The van der Waals surface area contributed by atoms with E-state index >= 15 is 0 Å². The minimum atomic E-state index is 1.10. The fourth-order valence-electron chi connectivity index (χ4n) is 3.37. The predicted molar refractivity (Wildman–Crippen MR) is 91.4 cm³/mol. The van der Waals surface area contributed by atoms with E-state index in [0.29, 0.717) is 0 Å². The molecule has 3 aromatic rings. The number of hydrogen-bond acceptors (Lipinski definition) is 0. The second-order valence-electron chi connectivity index (χ2n) is 5.73. The molecule has 0 nitrogen and oxygen atoms in total. The zero-order chi connectivity index (χ0) is 14.2. The highest BCUT2D eigenvalue weighted by molar-refractivity contribution is 5.98. The Morgan fingerprint density at radius 1 is 0.810 bits per heavy atom. The minimum Gasteiger partial charge on any atom is -0.0655 e. The largest absolute Gasteiger partial charge is 0.0655 e. The van der Waals surface area contributed by atoms with E-state index in [1.165, 1.54) is 38.6 Å². The van der Waals surface area contributed by atoms with Gasteiger partial charge in [0.2, 0.25) is 0 Å². The van der Waals surface area contributed by atoms with Crippen LogP contribution in [0.15, 0.2) is 66.2 Å². The number of allylic oxidation sites excluding steroid dienone is 1. The molecule has 0 bridgehead atoms. The topological polar surface area (TPSA) is 0 Å². The summed E-state index contributed by atoms with van der Waals surface area (Å²) in [5, 5.41) is 2.66. The summed E-state index contributed by atoms with van der Waals surface area (Å²) in [5.74, 6) is 0. The number of rotatable bonds is 2. The Bertz CT molecular complexity index is 848. The molecule has 0 spiro atoms. The van der Waals surface area contributed by atoms with Crippen molar-refractivity contribution in [3.05, 3.63) is 77.4 Å². The van der Waals surface area contributed by atoms with E-state index in [0.717, 1.165) is 12.8 Å². The van der Waals surface area contributed by atoms with Gasteiger partial charge in [-0.25, -0.2) is 0 Å². The van der Waals surface area contributed by atoms with Crippen LogP contribution in [0.25, 0.3) is 28.0 Å². The lowest BCUT2D eigenvalue weighted by atomic mass is 9.92. The standard InChI is InChI=1S/C21H18/c1-2-15-13-17-9-6-12-20(21(17)14-15)19-11-5-8-16-7-3-4-10-18(16)19/h3-13H,2,14H2,1H3. The summed E-state index contributed by atoms with van der Waals surface area (Å²) in [7, 11) is 0. The van der Waals surface area contributed by atoms with Crippen LogP contribution >= 0.6 is 0 Å². The predicted octanol–water partition coefficient (Wildman–Crippen LogP) is 5.86. The van der Waals surface area contributed by atoms with Gasteiger partial charge in [-0.05, 0) is 45.9 Å². The third kappa shape index (κ3) is 1.99. The molecule has 0 aliphatic heterocycles. The van der Waals surface area contributed by atoms with Gasteiger partial charge in [-0.1, -0.05) is 79.2 Å². The molecule has 0 N–H and O–H groups in total. The SMILES string of the molecule is CCC1=Cc2cccc(-c3cccc4ccccc34)c2C1. The van der Waals surface area contributed by atoms with Crippen molar-refractivity contribution in [1.82, 2.24) is 0 Å². The highest BCUT2D eigenvalue weighted by Crippen LogP contribution is 2.37. The van der Waals surface area contributed by atoms with Crippen LogP contribution in [-0.2, 0) is 6.42 Å². The normalized spacial score (nSPS) is 13.3. The highest BCUT2D eigenvalue weighted by Gasteiger charge is 2.16. The lowest BCUT2D eigenvalue weighted by Crippen LogP contribution is -1.91. The molecule has 102 valence electrons. The first-order valence-corrected chi connectivity index (χ1v) is 7.66. The number of fused-ring (bicyclic) bond motifs is 2. The fraction of sp³-hybridized carbons (Fsp3) is 0.143. The van der Waals surface area contributed by atoms with E-state index in [9.17, 15) is 0 Å². The van der Waals surface area contributed by atoms with Gasteiger partial charge in [0.25, 0.3) is 0 Å². The van der Waals surface area contributed by atoms with Crippen LogP contribution in [0.3, 0.4) is 0 Å². The van der Waals surface area contributed by atoms with Gasteiger partial charge in [0, 0.05) is 0 Å². The quantitative estimate of drug-likeness (QED) is 0.547. The molecule has 0 aromatic heterocycles. The van der Waals surface area contributed by atoms with Crippen molar-refractivity contribution in [3.8, 4) is 11.1 Å². The first kappa shape index (κ1) is 12.4. The summed E-state index contributed by atoms with van der Waals surface area (Å²) in [5.41, 5.74) is 7.18. The number of hydrogen-bond donors (Lipinski definition) is 0. The molecular weight excluding hydrogens is 252 g/mol. The van der Waals surface area contributed by atoms with E-state index in [1.807, 2.05) is 0 Å². The van der Waals surface area contributed by atoms with Gasteiger partial charge in [-0.2, -0.15) is 0 Å². The van der Waals surface area contributed by atoms with Gasteiger partial charge in [0.05, 0.1) is 0 Å². The van der Waals surface area contributed by atoms with Gasteiger partial charge in [0.15, 0.2) is 0 Å². The molecule has 21 heavy (non-hydrogen) atoms. The van der Waals surface area contributed by atoms with E-state index in [2.05, 4.69) is 73.7 Å². The van der Waals surface area contributed by atoms with Gasteiger partial charge in [0.1, 0.15) is 0 Å². The van der Waals surface area contributed by atoms with Gasteiger partial charge < -0.3 is 0 Å². The van der Waals surface area contributed by atoms with Gasteiger partial charge in [-0.15, -0.1) is 0 Å². The Kier molecular flexibility index (Phi) is 2.89. The molecular formula is C21H18. The van der Waals surface area contributed by atoms with E-state index < -0.39 is 0 Å². The second-order valence-corrected chi connectivity index (χ2v) is 5.73. The first-order valence-electron chi connectivity index (χ1n) is 7.66. The monoisotopic (exact) mass is 270 g/mol. The smallest absolute Gasteiger partial charge is 0.00518 e. The molecule has 0 saturated heterocycles. The summed E-state index contributed by atoms with van der Waals surface area (Å²) >= 11 is 0. The fourth-order valence-corrected chi connectivity index (χ4v) is 3.37. The number of benzene rings is 3. The van der Waals surface area contributed by atoms with Crippen LogP contribution in [0.2, 0.25) is 0 Å². The maximum atomic E-state index is 2.37. The zero-order valence-corrected chi connectivity index (χ0v) is 12.3. The summed E-state index contributed by atoms with van der Waals surface area (Å²) in [4.78, 5) is 0. The Labute approximate surface area is 125 Å². The molecule has 1 aliphatic rings. The molecule has 0 unspecified atom stereocenters. The molecule has 1 aliphatic carbocycles. The second kappa shape index (κ2) is 4.89. The molecule has 0 saturated carbocycles. The third-order valence-electron chi connectivity index (χ3n) is 4.51. The van der Waals surface area contributed by atoms with Crippen molar-refractivity contribution in [2.45, 2.75) is 19.8 Å². The van der Waals surface area contributed by atoms with Gasteiger partial charge in [-0.3, -0.25) is 0 Å². The summed E-state index contributed by atoms with van der Waals surface area (Å²) < 4.78 is 0. The van der Waals surface area contributed by atoms with E-state index in [-0.39, 0.29) is 0 Å². The van der Waals surface area contributed by atoms with E-state index in [4.69, 9.17) is 0 Å². The van der Waals surface area contributed by atoms with Crippen molar-refractivity contribution < 1.29 is 0 Å². The lowest BCUT2D eigenvalue weighted by molar-refractivity contribution is 1.04. The minimum absolute atomic E-state index is 1.10. The molecule has 0 heteroatoms. The summed E-state index contributed by atoms with van der Waals surface area (Å²) in [6, 6.07) is 22.0. The van der Waals surface area contributed by atoms with Crippen LogP contribution in [0, 0.1) is 0 Å². The van der Waals surface area contributed by atoms with Crippen molar-refractivity contribution in [2.24, 2.45) is 0 Å². The molecule has 0 atom stereocenters. The first-order chi connectivity index (χ1) is 10.4. The Hall–Kier alpha value is -2.34. The van der Waals surface area contributed by atoms with Crippen molar-refractivity contribution in [1.29, 1.82) is 0 Å². The third-order valence-corrected chi connectivity index (χ3v) is 4.51.